The molecule has 1 unspecified atom stereocenters. The molecule has 1 aromatic rings. The minimum atomic E-state index is -4.60. The maximum Gasteiger partial charge on any atom is 0.433 e. The Labute approximate surface area is 149 Å². The number of halogens is 3. The highest BCUT2D eigenvalue weighted by Gasteiger charge is 2.36. The molecule has 0 aliphatic carbocycles. The van der Waals surface area contributed by atoms with E-state index in [9.17, 15) is 21.6 Å². The molecule has 3 rings (SSSR count). The van der Waals surface area contributed by atoms with E-state index in [0.29, 0.717) is 32.6 Å². The van der Waals surface area contributed by atoms with Crippen LogP contribution in [0.1, 0.15) is 18.5 Å². The molecule has 26 heavy (non-hydrogen) atoms. The van der Waals surface area contributed by atoms with Gasteiger partial charge in [-0.1, -0.05) is 0 Å². The van der Waals surface area contributed by atoms with Crippen molar-refractivity contribution in [3.05, 3.63) is 18.0 Å². The van der Waals surface area contributed by atoms with Gasteiger partial charge in [-0.25, -0.2) is 4.98 Å². The second kappa shape index (κ2) is 7.62. The minimum Gasteiger partial charge on any atom is -0.459 e. The SMILES string of the molecule is O=S(=O)(N1CCOCC1)N1CCCC(Oc2nccc(C(F)(F)F)n2)C1. The third kappa shape index (κ3) is 4.42. The van der Waals surface area contributed by atoms with Gasteiger partial charge in [0, 0.05) is 25.8 Å². The first-order chi connectivity index (χ1) is 12.3. The Morgan fingerprint density at radius 2 is 1.92 bits per heavy atom. The summed E-state index contributed by atoms with van der Waals surface area (Å²) < 4.78 is 76.8. The van der Waals surface area contributed by atoms with E-state index in [0.717, 1.165) is 12.3 Å². The lowest BCUT2D eigenvalue weighted by Crippen LogP contribution is -2.53. The van der Waals surface area contributed by atoms with Crippen molar-refractivity contribution in [1.82, 2.24) is 18.6 Å². The van der Waals surface area contributed by atoms with Crippen molar-refractivity contribution in [2.45, 2.75) is 25.1 Å². The van der Waals surface area contributed by atoms with Gasteiger partial charge in [-0.3, -0.25) is 0 Å². The van der Waals surface area contributed by atoms with E-state index in [-0.39, 0.29) is 19.6 Å². The third-order valence-electron chi connectivity index (χ3n) is 4.16. The molecule has 0 saturated carbocycles. The van der Waals surface area contributed by atoms with E-state index in [4.69, 9.17) is 9.47 Å². The van der Waals surface area contributed by atoms with E-state index < -0.39 is 34.2 Å². The zero-order valence-electron chi connectivity index (χ0n) is 13.9. The Bertz CT molecular complexity index is 725. The summed E-state index contributed by atoms with van der Waals surface area (Å²) in [5.41, 5.74) is -1.10. The molecule has 0 spiro atoms. The molecular weight excluding hydrogens is 377 g/mol. The largest absolute Gasteiger partial charge is 0.459 e. The molecule has 0 radical (unpaired) electrons. The molecule has 8 nitrogen and oxygen atoms in total. The van der Waals surface area contributed by atoms with Crippen molar-refractivity contribution in [3.8, 4) is 6.01 Å². The van der Waals surface area contributed by atoms with Gasteiger partial charge in [-0.15, -0.1) is 0 Å². The van der Waals surface area contributed by atoms with Crippen LogP contribution in [0.4, 0.5) is 13.2 Å². The van der Waals surface area contributed by atoms with Gasteiger partial charge in [-0.05, 0) is 18.9 Å². The van der Waals surface area contributed by atoms with E-state index in [1.54, 1.807) is 0 Å². The molecule has 1 atom stereocenters. The lowest BCUT2D eigenvalue weighted by molar-refractivity contribution is -0.141. The van der Waals surface area contributed by atoms with E-state index in [2.05, 4.69) is 9.97 Å². The lowest BCUT2D eigenvalue weighted by Gasteiger charge is -2.36. The first-order valence-corrected chi connectivity index (χ1v) is 9.56. The summed E-state index contributed by atoms with van der Waals surface area (Å²) in [7, 11) is -3.66. The molecule has 2 aliphatic rings. The lowest BCUT2D eigenvalue weighted by atomic mass is 10.1. The normalized spacial score (nSPS) is 23.7. The van der Waals surface area contributed by atoms with Crippen LogP contribution in [-0.2, 0) is 21.1 Å². The van der Waals surface area contributed by atoms with Crippen LogP contribution in [0.3, 0.4) is 0 Å². The maximum absolute atomic E-state index is 12.7. The summed E-state index contributed by atoms with van der Waals surface area (Å²) in [4.78, 5) is 7.06. The predicted octanol–water partition coefficient (Wildman–Crippen LogP) is 0.916. The summed E-state index contributed by atoms with van der Waals surface area (Å²) in [5, 5.41) is 0. The highest BCUT2D eigenvalue weighted by Crippen LogP contribution is 2.28. The number of piperidine rings is 1. The van der Waals surface area contributed by atoms with Gasteiger partial charge in [0.1, 0.15) is 6.10 Å². The quantitative estimate of drug-likeness (QED) is 0.752. The fourth-order valence-corrected chi connectivity index (χ4v) is 4.51. The predicted molar refractivity (Wildman–Crippen MR) is 83.6 cm³/mol. The molecule has 2 aliphatic heterocycles. The average molecular weight is 396 g/mol. The van der Waals surface area contributed by atoms with E-state index in [1.165, 1.54) is 8.61 Å². The third-order valence-corrected chi connectivity index (χ3v) is 6.16. The average Bonchev–Trinajstić information content (AvgIpc) is 2.62. The van der Waals surface area contributed by atoms with E-state index >= 15 is 0 Å². The fraction of sp³-hybridized carbons (Fsp3) is 0.714. The van der Waals surface area contributed by atoms with Crippen molar-refractivity contribution in [3.63, 3.8) is 0 Å². The zero-order valence-corrected chi connectivity index (χ0v) is 14.7. The number of hydrogen-bond acceptors (Lipinski definition) is 6. The van der Waals surface area contributed by atoms with Crippen LogP contribution in [0, 0.1) is 0 Å². The highest BCUT2D eigenvalue weighted by molar-refractivity contribution is 7.86. The van der Waals surface area contributed by atoms with E-state index in [1.807, 2.05) is 0 Å². The summed E-state index contributed by atoms with van der Waals surface area (Å²) in [6, 6.07) is 0.346. The smallest absolute Gasteiger partial charge is 0.433 e. The Morgan fingerprint density at radius 3 is 2.62 bits per heavy atom. The highest BCUT2D eigenvalue weighted by atomic mass is 32.2. The summed E-state index contributed by atoms with van der Waals surface area (Å²) in [6.45, 7) is 1.61. The first kappa shape index (κ1) is 19.3. The second-order valence-electron chi connectivity index (χ2n) is 5.98. The number of nitrogens with zero attached hydrogens (tertiary/aromatic N) is 4. The van der Waals surface area contributed by atoms with Gasteiger partial charge in [0.15, 0.2) is 5.69 Å². The van der Waals surface area contributed by atoms with Gasteiger partial charge in [0.2, 0.25) is 0 Å². The van der Waals surface area contributed by atoms with Crippen molar-refractivity contribution in [2.24, 2.45) is 0 Å². The Hall–Kier alpha value is -1.50. The fourth-order valence-electron chi connectivity index (χ4n) is 2.86. The topological polar surface area (TPSA) is 84.9 Å². The minimum absolute atomic E-state index is 0.0410. The Morgan fingerprint density at radius 1 is 1.19 bits per heavy atom. The molecule has 2 saturated heterocycles. The maximum atomic E-state index is 12.7. The van der Waals surface area contributed by atoms with Crippen LogP contribution < -0.4 is 4.74 Å². The number of rotatable bonds is 4. The van der Waals surface area contributed by atoms with Crippen molar-refractivity contribution < 1.29 is 31.1 Å². The Balaban J connectivity index is 1.67. The molecule has 0 aromatic carbocycles. The molecule has 146 valence electrons. The van der Waals surface area contributed by atoms with Gasteiger partial charge < -0.3 is 9.47 Å². The van der Waals surface area contributed by atoms with Gasteiger partial charge in [0.25, 0.3) is 10.2 Å². The van der Waals surface area contributed by atoms with Crippen molar-refractivity contribution in [2.75, 3.05) is 39.4 Å². The Kier molecular flexibility index (Phi) is 5.65. The molecule has 0 amide bonds. The standard InChI is InChI=1S/C14H19F3N4O4S/c15-14(16,17)12-3-4-18-13(19-12)25-11-2-1-5-21(10-11)26(22,23)20-6-8-24-9-7-20/h3-4,11H,1-2,5-10H2. The van der Waals surface area contributed by atoms with Gasteiger partial charge in [0.05, 0.1) is 19.8 Å². The van der Waals surface area contributed by atoms with Crippen LogP contribution in [0.2, 0.25) is 0 Å². The number of morpholine rings is 1. The van der Waals surface area contributed by atoms with Crippen LogP contribution in [0.5, 0.6) is 6.01 Å². The number of alkyl halides is 3. The van der Waals surface area contributed by atoms with Crippen LogP contribution >= 0.6 is 0 Å². The molecule has 1 aromatic heterocycles. The number of ether oxygens (including phenoxy) is 2. The van der Waals surface area contributed by atoms with Crippen LogP contribution in [0.15, 0.2) is 12.3 Å². The molecule has 3 heterocycles. The monoisotopic (exact) mass is 396 g/mol. The van der Waals surface area contributed by atoms with Gasteiger partial charge in [-0.2, -0.15) is 35.2 Å². The molecule has 0 bridgehead atoms. The number of hydrogen-bond donors (Lipinski definition) is 0. The van der Waals surface area contributed by atoms with Crippen LogP contribution in [0.25, 0.3) is 0 Å². The molecule has 12 heteroatoms. The summed E-state index contributed by atoms with van der Waals surface area (Å²) in [6.07, 6.45) is -3.19. The zero-order chi connectivity index (χ0) is 18.8. The van der Waals surface area contributed by atoms with Crippen molar-refractivity contribution in [1.29, 1.82) is 0 Å². The van der Waals surface area contributed by atoms with Crippen LogP contribution in [-0.4, -0.2) is 72.5 Å². The first-order valence-electron chi connectivity index (χ1n) is 8.17. The molecule has 0 N–H and O–H groups in total. The summed E-state index contributed by atoms with van der Waals surface area (Å²) >= 11 is 0. The molecular formula is C14H19F3N4O4S. The molecule has 2 fully saturated rings. The summed E-state index contributed by atoms with van der Waals surface area (Å²) in [5.74, 6) is 0. The second-order valence-corrected chi connectivity index (χ2v) is 7.91. The van der Waals surface area contributed by atoms with Gasteiger partial charge >= 0.3 is 12.2 Å². The van der Waals surface area contributed by atoms with Crippen molar-refractivity contribution >= 4 is 10.2 Å². The number of aromatic nitrogens is 2.